The molecular weight excluding hydrogens is 1390 g/mol. The fourth-order valence-corrected chi connectivity index (χ4v) is 14.2. The van der Waals surface area contributed by atoms with Gasteiger partial charge in [-0.15, -0.1) is 11.8 Å². The summed E-state index contributed by atoms with van der Waals surface area (Å²) in [5.41, 5.74) is 0.744. The fourth-order valence-electron chi connectivity index (χ4n) is 14.2. The van der Waals surface area contributed by atoms with Crippen LogP contribution >= 0.6 is 0 Å². The Morgan fingerprint density at radius 2 is 1.34 bits per heavy atom. The van der Waals surface area contributed by atoms with Crippen LogP contribution in [0.2, 0.25) is 0 Å². The van der Waals surface area contributed by atoms with Gasteiger partial charge >= 0.3 is 18.2 Å². The molecule has 3 fully saturated rings. The van der Waals surface area contributed by atoms with E-state index in [0.717, 1.165) is 30.6 Å². The highest BCUT2D eigenvalue weighted by Gasteiger charge is 2.51. The number of amides is 8. The van der Waals surface area contributed by atoms with Gasteiger partial charge in [0.15, 0.2) is 6.10 Å². The number of benzene rings is 2. The molecule has 2 saturated heterocycles. The quantitative estimate of drug-likeness (QED) is 0.0332. The monoisotopic (exact) mass is 1510 g/mol. The second-order valence-electron chi connectivity index (χ2n) is 28.7. The molecule has 8 amide bonds. The molecule has 0 bridgehead atoms. The number of anilines is 1. The number of alkyl carbamates (subject to hydrolysis) is 1. The lowest BCUT2D eigenvalue weighted by Gasteiger charge is -2.41. The van der Waals surface area contributed by atoms with E-state index in [1.807, 2.05) is 19.9 Å². The summed E-state index contributed by atoms with van der Waals surface area (Å²) >= 11 is 0. The van der Waals surface area contributed by atoms with Crippen molar-refractivity contribution in [1.82, 2.24) is 36.0 Å². The van der Waals surface area contributed by atoms with Crippen LogP contribution in [0.15, 0.2) is 48.5 Å². The molecule has 4 aliphatic rings. The first-order valence-corrected chi connectivity index (χ1v) is 37.3. The maximum atomic E-state index is 15.0. The molecule has 107 heavy (non-hydrogen) atoms. The highest BCUT2D eigenvalue weighted by atomic mass is 16.7. The van der Waals surface area contributed by atoms with Crippen molar-refractivity contribution in [3.8, 4) is 17.6 Å². The first-order chi connectivity index (χ1) is 51.0. The SMILES string of the molecule is CC[C@H](C)[C@@H]([C@@H](CC(=O)N1CCC[C@H]1[C@H](OC)[C@@H](C)C(=O)N[C@H](C)[C@@H](O)c1ccccc1)OC)N(C)C(=O)[C@@H](NC(=O)[C@H](C(C)C)N(C)C(=O)OCc1cc(NC(=O)CCC(=O)NCCOCCOCCOCCNC(=O)OC[C@@H]2[C@@H]3CCC#CCC[C@@H]32)ccc1O[C@@H]1OC(C(=O)O)[C@@H](O)[C@H](O)C1O)C(C)C. The number of aliphatic hydroxyl groups is 4. The lowest BCUT2D eigenvalue weighted by Crippen LogP contribution is -2.61. The number of ether oxygens (including phenoxy) is 9. The molecule has 31 heteroatoms. The number of aliphatic carboxylic acids is 1. The number of hydrogen-bond donors (Lipinski definition) is 10. The number of likely N-dealkylation sites (N-methyl/N-ethyl adjacent to an activating group) is 2. The highest BCUT2D eigenvalue weighted by molar-refractivity contribution is 5.94. The van der Waals surface area contributed by atoms with Crippen LogP contribution in [0.5, 0.6) is 5.75 Å². The summed E-state index contributed by atoms with van der Waals surface area (Å²) in [4.78, 5) is 127. The van der Waals surface area contributed by atoms with Gasteiger partial charge in [-0.05, 0) is 91.9 Å². The zero-order chi connectivity index (χ0) is 78.6. The molecule has 18 atom stereocenters. The molecule has 31 nitrogen and oxygen atoms in total. The van der Waals surface area contributed by atoms with Crippen LogP contribution in [-0.4, -0.2) is 261 Å². The van der Waals surface area contributed by atoms with Crippen molar-refractivity contribution >= 4 is 59.3 Å². The van der Waals surface area contributed by atoms with E-state index in [9.17, 15) is 68.7 Å². The van der Waals surface area contributed by atoms with Crippen LogP contribution in [0.3, 0.4) is 0 Å². The molecule has 2 aromatic rings. The van der Waals surface area contributed by atoms with E-state index in [0.29, 0.717) is 75.5 Å². The third-order valence-electron chi connectivity index (χ3n) is 20.5. The Balaban J connectivity index is 1.00. The van der Waals surface area contributed by atoms with E-state index in [-0.39, 0.29) is 87.0 Å². The summed E-state index contributed by atoms with van der Waals surface area (Å²) in [5.74, 6) is 1.15. The molecule has 0 aromatic heterocycles. The van der Waals surface area contributed by atoms with Crippen LogP contribution in [-0.2, 0) is 78.1 Å². The second-order valence-corrected chi connectivity index (χ2v) is 28.7. The molecule has 2 heterocycles. The minimum absolute atomic E-state index is 0.0117. The molecule has 0 radical (unpaired) electrons. The Morgan fingerprint density at radius 1 is 0.710 bits per heavy atom. The number of methoxy groups -OCH3 is 2. The highest BCUT2D eigenvalue weighted by Crippen LogP contribution is 2.52. The Labute approximate surface area is 627 Å². The van der Waals surface area contributed by atoms with E-state index < -0.39 is 145 Å². The Hall–Kier alpha value is -7.77. The molecular formula is C76H116N8O23. The van der Waals surface area contributed by atoms with Crippen LogP contribution in [0.25, 0.3) is 0 Å². The predicted molar refractivity (Wildman–Crippen MR) is 389 cm³/mol. The number of fused-ring (bicyclic) bond motifs is 1. The van der Waals surface area contributed by atoms with Gasteiger partial charge < -0.3 is 105 Å². The van der Waals surface area contributed by atoms with Crippen molar-refractivity contribution in [1.29, 1.82) is 0 Å². The van der Waals surface area contributed by atoms with Gasteiger partial charge in [-0.1, -0.05) is 85.2 Å². The van der Waals surface area contributed by atoms with Gasteiger partial charge in [-0.2, -0.15) is 0 Å². The van der Waals surface area contributed by atoms with Gasteiger partial charge in [-0.3, -0.25) is 33.7 Å². The molecule has 2 aromatic carbocycles. The van der Waals surface area contributed by atoms with Gasteiger partial charge in [0, 0.05) is 84.9 Å². The summed E-state index contributed by atoms with van der Waals surface area (Å²) in [6, 6.07) is 8.71. The molecule has 2 aliphatic carbocycles. The van der Waals surface area contributed by atoms with Crippen molar-refractivity contribution in [2.45, 2.75) is 205 Å². The topological polar surface area (TPSA) is 408 Å². The van der Waals surface area contributed by atoms with Crippen molar-refractivity contribution < 1.29 is 111 Å². The lowest BCUT2D eigenvalue weighted by atomic mass is 9.89. The van der Waals surface area contributed by atoms with Gasteiger partial charge in [0.1, 0.15) is 42.8 Å². The minimum Gasteiger partial charge on any atom is -0.479 e. The van der Waals surface area contributed by atoms with Gasteiger partial charge in [0.2, 0.25) is 41.7 Å². The largest absolute Gasteiger partial charge is 0.479 e. The van der Waals surface area contributed by atoms with Crippen LogP contribution in [0, 0.1) is 53.3 Å². The Bertz CT molecular complexity index is 3250. The smallest absolute Gasteiger partial charge is 0.410 e. The van der Waals surface area contributed by atoms with Crippen molar-refractivity contribution in [3.63, 3.8) is 0 Å². The average Bonchev–Trinajstić information content (AvgIpc) is 1.62. The second kappa shape index (κ2) is 44.0. The number of nitrogens with one attached hydrogen (secondary N) is 5. The van der Waals surface area contributed by atoms with E-state index in [1.165, 1.54) is 44.4 Å². The Kier molecular flexibility index (Phi) is 36.3. The first-order valence-electron chi connectivity index (χ1n) is 37.3. The number of carboxylic acids is 1. The summed E-state index contributed by atoms with van der Waals surface area (Å²) < 4.78 is 51.1. The third kappa shape index (κ3) is 25.9. The number of carbonyl (C=O) groups is 9. The maximum Gasteiger partial charge on any atom is 0.410 e. The fraction of sp³-hybridized carbons (Fsp3) is 0.697. The first kappa shape index (κ1) is 88.1. The normalized spacial score (nSPS) is 22.9. The zero-order valence-corrected chi connectivity index (χ0v) is 63.9. The number of aliphatic hydroxyl groups excluding tert-OH is 4. The van der Waals surface area contributed by atoms with E-state index in [2.05, 4.69) is 38.4 Å². The number of carboxylic acid groups (broad SMARTS) is 1. The molecule has 2 aliphatic heterocycles. The van der Waals surface area contributed by atoms with Crippen molar-refractivity contribution in [3.05, 3.63) is 59.7 Å². The number of carbonyl (C=O) groups excluding carboxylic acids is 8. The summed E-state index contributed by atoms with van der Waals surface area (Å²) in [7, 11) is 5.87. The number of likely N-dealkylation sites (tertiary alicyclic amines) is 1. The number of rotatable bonds is 43. The van der Waals surface area contributed by atoms with Crippen molar-refractivity contribution in [2.24, 2.45) is 41.4 Å². The zero-order valence-electron chi connectivity index (χ0n) is 63.9. The summed E-state index contributed by atoms with van der Waals surface area (Å²) in [6.45, 7) is 16.3. The molecule has 10 N–H and O–H groups in total. The molecule has 598 valence electrons. The summed E-state index contributed by atoms with van der Waals surface area (Å²) in [5, 5.41) is 66.4. The lowest BCUT2D eigenvalue weighted by molar-refractivity contribution is -0.271. The standard InChI is InChI=1S/C76H116N8O23/c1-13-46(6)63(57(99-11)41-60(87)84-33-21-26-55(84)68(100-12)47(7)70(92)79-48(8)64(88)49-22-17-16-18-23-49)82(9)72(94)61(44(2)3)81-71(93)62(45(4)5)83(10)76(98)105-42-50-40-51(27-28-56(50)106-74-67(91)65(89)66(90)69(107-74)73(95)96)80-59(86)30-29-58(85)77-31-34-101-36-38-103-39-37-102-35-32-78-75(97)104-43-54-52-24-19-14-15-20-25-53(52)54/h16-18,22-23,27-28,40,44-48,52-55,57,61-69,74,88-91H,13,19-21,24-26,29-39,41-43H2,1-12H3,(H,77,85)(H,78,97)(H,79,92)(H,80,86)(H,81,93)(H,95,96)/t46-,47+,48+,52-,53+,54-,55-,57+,61-,62-,63-,64+,65-,66-,67?,68+,69?,74+/m0/s1. The summed E-state index contributed by atoms with van der Waals surface area (Å²) in [6.07, 6.45) is -8.96. The molecule has 2 unspecified atom stereocenters. The van der Waals surface area contributed by atoms with Gasteiger partial charge in [0.05, 0.1) is 95.0 Å². The van der Waals surface area contributed by atoms with Crippen LogP contribution in [0.1, 0.15) is 137 Å². The van der Waals surface area contributed by atoms with Crippen molar-refractivity contribution in [2.75, 3.05) is 99.5 Å². The minimum atomic E-state index is -2.04. The van der Waals surface area contributed by atoms with E-state index in [1.54, 1.807) is 77.8 Å². The average molecular weight is 1510 g/mol. The predicted octanol–water partition coefficient (Wildman–Crippen LogP) is 3.90. The molecule has 1 saturated carbocycles. The maximum absolute atomic E-state index is 15.0. The number of hydrogen-bond acceptors (Lipinski definition) is 22. The third-order valence-corrected chi connectivity index (χ3v) is 20.5. The van der Waals surface area contributed by atoms with Crippen LogP contribution < -0.4 is 31.3 Å². The van der Waals surface area contributed by atoms with Crippen LogP contribution in [0.4, 0.5) is 15.3 Å². The number of nitrogens with zero attached hydrogens (tertiary/aromatic N) is 3. The van der Waals surface area contributed by atoms with Gasteiger partial charge in [0.25, 0.3) is 0 Å². The van der Waals surface area contributed by atoms with Gasteiger partial charge in [-0.25, -0.2) is 14.4 Å². The van der Waals surface area contributed by atoms with E-state index >= 15 is 0 Å². The molecule has 6 rings (SSSR count). The Morgan fingerprint density at radius 3 is 1.93 bits per heavy atom. The molecule has 0 spiro atoms. The van der Waals surface area contributed by atoms with E-state index in [4.69, 9.17) is 42.6 Å².